The first-order valence-electron chi connectivity index (χ1n) is 5.50. The summed E-state index contributed by atoms with van der Waals surface area (Å²) in [7, 11) is 0. The van der Waals surface area contributed by atoms with Crippen molar-refractivity contribution in [3.05, 3.63) is 12.2 Å². The second-order valence-corrected chi connectivity index (χ2v) is 3.87. The zero-order valence-corrected chi connectivity index (χ0v) is 9.36. The van der Waals surface area contributed by atoms with Crippen molar-refractivity contribution >= 4 is 11.8 Å². The molecule has 0 N–H and O–H groups in total. The molecule has 0 heterocycles. The monoisotopic (exact) mass is 210 g/mol. The molecule has 1 fully saturated rings. The van der Waals surface area contributed by atoms with E-state index in [-0.39, 0.29) is 23.8 Å². The predicted octanol–water partition coefficient (Wildman–Crippen LogP) is 2.25. The van der Waals surface area contributed by atoms with E-state index < -0.39 is 0 Å². The molecule has 0 amide bonds. The third-order valence-electron chi connectivity index (χ3n) is 2.65. The Morgan fingerprint density at radius 3 is 2.87 bits per heavy atom. The van der Waals surface area contributed by atoms with Gasteiger partial charge in [0.2, 0.25) is 0 Å². The molecular weight excluding hydrogens is 192 g/mol. The van der Waals surface area contributed by atoms with Crippen molar-refractivity contribution < 1.29 is 14.3 Å². The standard InChI is InChI=1S/C12H18O3/c1-3-4-5-6-10-11(14)7-8-12(10)15-9(2)13/h4-5,10,12H,3,6-8H2,1-2H3/b5-4-/t10-,12+/m1/s1. The molecule has 1 aliphatic carbocycles. The first kappa shape index (κ1) is 12.0. The van der Waals surface area contributed by atoms with Gasteiger partial charge in [-0.3, -0.25) is 9.59 Å². The number of allylic oxidation sites excluding steroid dienone is 2. The number of ketones is 1. The average molecular weight is 210 g/mol. The lowest BCUT2D eigenvalue weighted by atomic mass is 10.0. The molecule has 3 nitrogen and oxygen atoms in total. The normalized spacial score (nSPS) is 26.1. The highest BCUT2D eigenvalue weighted by molar-refractivity contribution is 5.84. The molecule has 0 unspecified atom stereocenters. The fourth-order valence-electron chi connectivity index (χ4n) is 1.93. The highest BCUT2D eigenvalue weighted by Crippen LogP contribution is 2.28. The summed E-state index contributed by atoms with van der Waals surface area (Å²) in [6.07, 6.45) is 6.74. The number of esters is 1. The van der Waals surface area contributed by atoms with E-state index in [1.807, 2.05) is 12.2 Å². The molecular formula is C12H18O3. The van der Waals surface area contributed by atoms with Crippen molar-refractivity contribution in [2.24, 2.45) is 5.92 Å². The van der Waals surface area contributed by atoms with E-state index in [1.54, 1.807) is 0 Å². The van der Waals surface area contributed by atoms with Crippen molar-refractivity contribution in [2.45, 2.75) is 45.6 Å². The summed E-state index contributed by atoms with van der Waals surface area (Å²) in [4.78, 5) is 22.4. The maximum absolute atomic E-state index is 11.5. The Kier molecular flexibility index (Phi) is 4.53. The highest BCUT2D eigenvalue weighted by Gasteiger charge is 2.35. The number of carbonyl (C=O) groups excluding carboxylic acids is 2. The Bertz CT molecular complexity index is 268. The van der Waals surface area contributed by atoms with Gasteiger partial charge in [0, 0.05) is 13.3 Å². The van der Waals surface area contributed by atoms with Crippen LogP contribution in [0.5, 0.6) is 0 Å². The van der Waals surface area contributed by atoms with Crippen LogP contribution < -0.4 is 0 Å². The molecule has 0 aromatic carbocycles. The van der Waals surface area contributed by atoms with E-state index >= 15 is 0 Å². The van der Waals surface area contributed by atoms with E-state index in [2.05, 4.69) is 6.92 Å². The van der Waals surface area contributed by atoms with Crippen LogP contribution in [0.4, 0.5) is 0 Å². The lowest BCUT2D eigenvalue weighted by molar-refractivity contribution is -0.148. The molecule has 1 rings (SSSR count). The van der Waals surface area contributed by atoms with Crippen molar-refractivity contribution in [1.29, 1.82) is 0 Å². The molecule has 3 heteroatoms. The first-order valence-corrected chi connectivity index (χ1v) is 5.50. The quantitative estimate of drug-likeness (QED) is 0.528. The SMILES string of the molecule is CC/C=C\C[C@@H]1C(=O)CC[C@@H]1OC(C)=O. The minimum Gasteiger partial charge on any atom is -0.462 e. The second kappa shape index (κ2) is 5.69. The summed E-state index contributed by atoms with van der Waals surface area (Å²) in [5.41, 5.74) is 0. The van der Waals surface area contributed by atoms with Crippen LogP contribution in [0.1, 0.15) is 39.5 Å². The van der Waals surface area contributed by atoms with Crippen LogP contribution in [-0.2, 0) is 14.3 Å². The van der Waals surface area contributed by atoms with Crippen molar-refractivity contribution in [2.75, 3.05) is 0 Å². The van der Waals surface area contributed by atoms with Crippen molar-refractivity contribution in [3.8, 4) is 0 Å². The third-order valence-corrected chi connectivity index (χ3v) is 2.65. The van der Waals surface area contributed by atoms with Gasteiger partial charge in [-0.05, 0) is 19.3 Å². The molecule has 0 aromatic rings. The van der Waals surface area contributed by atoms with Gasteiger partial charge in [-0.15, -0.1) is 0 Å². The fourth-order valence-corrected chi connectivity index (χ4v) is 1.93. The van der Waals surface area contributed by atoms with E-state index in [1.165, 1.54) is 6.92 Å². The lowest BCUT2D eigenvalue weighted by Gasteiger charge is -2.16. The summed E-state index contributed by atoms with van der Waals surface area (Å²) in [5, 5.41) is 0. The van der Waals surface area contributed by atoms with Gasteiger partial charge in [0.05, 0.1) is 5.92 Å². The zero-order valence-electron chi connectivity index (χ0n) is 9.36. The van der Waals surface area contributed by atoms with Crippen LogP contribution in [0.2, 0.25) is 0 Å². The maximum atomic E-state index is 11.5. The lowest BCUT2D eigenvalue weighted by Crippen LogP contribution is -2.23. The molecule has 2 atom stereocenters. The number of hydrogen-bond donors (Lipinski definition) is 0. The highest BCUT2D eigenvalue weighted by atomic mass is 16.5. The summed E-state index contributed by atoms with van der Waals surface area (Å²) in [6, 6.07) is 0. The Morgan fingerprint density at radius 2 is 2.27 bits per heavy atom. The predicted molar refractivity (Wildman–Crippen MR) is 57.3 cm³/mol. The molecule has 0 spiro atoms. The van der Waals surface area contributed by atoms with Gasteiger partial charge in [-0.2, -0.15) is 0 Å². The van der Waals surface area contributed by atoms with E-state index in [0.29, 0.717) is 19.3 Å². The summed E-state index contributed by atoms with van der Waals surface area (Å²) >= 11 is 0. The van der Waals surface area contributed by atoms with Gasteiger partial charge in [-0.25, -0.2) is 0 Å². The molecule has 1 saturated carbocycles. The zero-order chi connectivity index (χ0) is 11.3. The Labute approximate surface area is 90.5 Å². The van der Waals surface area contributed by atoms with Crippen LogP contribution >= 0.6 is 0 Å². The molecule has 84 valence electrons. The fraction of sp³-hybridized carbons (Fsp3) is 0.667. The average Bonchev–Trinajstić information content (AvgIpc) is 2.49. The molecule has 0 aliphatic heterocycles. The minimum absolute atomic E-state index is 0.114. The Hall–Kier alpha value is -1.12. The first-order chi connectivity index (χ1) is 7.15. The number of hydrogen-bond acceptors (Lipinski definition) is 3. The topological polar surface area (TPSA) is 43.4 Å². The Morgan fingerprint density at radius 1 is 1.53 bits per heavy atom. The smallest absolute Gasteiger partial charge is 0.302 e. The molecule has 0 aromatic heterocycles. The molecule has 0 bridgehead atoms. The maximum Gasteiger partial charge on any atom is 0.302 e. The molecule has 0 saturated heterocycles. The number of carbonyl (C=O) groups is 2. The minimum atomic E-state index is -0.292. The Balaban J connectivity index is 2.52. The van der Waals surface area contributed by atoms with E-state index in [0.717, 1.165) is 6.42 Å². The third kappa shape index (κ3) is 3.50. The van der Waals surface area contributed by atoms with Crippen LogP contribution in [0.15, 0.2) is 12.2 Å². The summed E-state index contributed by atoms with van der Waals surface area (Å²) in [5.74, 6) is -0.183. The van der Waals surface area contributed by atoms with Crippen LogP contribution in [-0.4, -0.2) is 17.9 Å². The molecule has 15 heavy (non-hydrogen) atoms. The number of rotatable bonds is 4. The van der Waals surface area contributed by atoms with Crippen LogP contribution in [0.25, 0.3) is 0 Å². The molecule has 0 radical (unpaired) electrons. The van der Waals surface area contributed by atoms with Gasteiger partial charge in [-0.1, -0.05) is 19.1 Å². The van der Waals surface area contributed by atoms with Crippen molar-refractivity contribution in [3.63, 3.8) is 0 Å². The van der Waals surface area contributed by atoms with Gasteiger partial charge in [0.25, 0.3) is 0 Å². The van der Waals surface area contributed by atoms with E-state index in [4.69, 9.17) is 4.74 Å². The second-order valence-electron chi connectivity index (χ2n) is 3.87. The van der Waals surface area contributed by atoms with Crippen molar-refractivity contribution in [1.82, 2.24) is 0 Å². The summed E-state index contributed by atoms with van der Waals surface area (Å²) < 4.78 is 5.13. The molecule has 1 aliphatic rings. The van der Waals surface area contributed by atoms with Gasteiger partial charge in [0.15, 0.2) is 0 Å². The van der Waals surface area contributed by atoms with Crippen LogP contribution in [0.3, 0.4) is 0 Å². The van der Waals surface area contributed by atoms with Gasteiger partial charge in [0.1, 0.15) is 11.9 Å². The van der Waals surface area contributed by atoms with Gasteiger partial charge < -0.3 is 4.74 Å². The summed E-state index contributed by atoms with van der Waals surface area (Å²) in [6.45, 7) is 3.44. The van der Waals surface area contributed by atoms with E-state index in [9.17, 15) is 9.59 Å². The largest absolute Gasteiger partial charge is 0.462 e. The van der Waals surface area contributed by atoms with Gasteiger partial charge >= 0.3 is 5.97 Å². The number of ether oxygens (including phenoxy) is 1. The number of Topliss-reactive ketones (excluding diaryl/α,β-unsaturated/α-hetero) is 1. The van der Waals surface area contributed by atoms with Crippen LogP contribution in [0, 0.1) is 5.92 Å².